The number of H-pyrrole nitrogens is 1. The zero-order chi connectivity index (χ0) is 18.3. The van der Waals surface area contributed by atoms with Crippen LogP contribution in [0, 0.1) is 13.8 Å². The molecule has 0 saturated carbocycles. The van der Waals surface area contributed by atoms with Crippen molar-refractivity contribution in [1.82, 2.24) is 20.0 Å². The molecule has 4 rings (SSSR count). The molecule has 3 heterocycles. The van der Waals surface area contributed by atoms with Gasteiger partial charge in [-0.2, -0.15) is 5.10 Å². The minimum Gasteiger partial charge on any atom is -0.311 e. The van der Waals surface area contributed by atoms with Crippen LogP contribution >= 0.6 is 0 Å². The Kier molecular flexibility index (Phi) is 4.54. The van der Waals surface area contributed by atoms with Crippen molar-refractivity contribution in [3.63, 3.8) is 0 Å². The number of amides is 1. The number of piperazine rings is 1. The molecule has 0 bridgehead atoms. The molecule has 6 nitrogen and oxygen atoms in total. The lowest BCUT2D eigenvalue weighted by Crippen LogP contribution is -2.44. The second-order valence-electron chi connectivity index (χ2n) is 7.72. The number of aryl methyl sites for hydroxylation is 2. The number of hydrogen-bond donors (Lipinski definition) is 2. The molecule has 2 aliphatic rings. The molecule has 138 valence electrons. The molecule has 6 heteroatoms. The Morgan fingerprint density at radius 1 is 1.12 bits per heavy atom. The number of nitrogens with zero attached hydrogens (tertiary/aromatic N) is 3. The van der Waals surface area contributed by atoms with E-state index in [1.54, 1.807) is 0 Å². The van der Waals surface area contributed by atoms with Crippen LogP contribution in [0.3, 0.4) is 0 Å². The number of nitrogens with one attached hydrogen (secondary N) is 2. The second kappa shape index (κ2) is 6.85. The highest BCUT2D eigenvalue weighted by Crippen LogP contribution is 2.38. The number of carbonyl (C=O) groups excluding carboxylic acids is 1. The summed E-state index contributed by atoms with van der Waals surface area (Å²) in [7, 11) is 2.18. The predicted molar refractivity (Wildman–Crippen MR) is 102 cm³/mol. The van der Waals surface area contributed by atoms with E-state index in [2.05, 4.69) is 58.3 Å². The number of aromatic amines is 1. The Morgan fingerprint density at radius 3 is 2.65 bits per heavy atom. The Morgan fingerprint density at radius 2 is 1.88 bits per heavy atom. The van der Waals surface area contributed by atoms with Crippen LogP contribution in [0.4, 0.5) is 5.82 Å². The lowest BCUT2D eigenvalue weighted by Gasteiger charge is -2.33. The maximum absolute atomic E-state index is 12.1. The molecule has 0 aliphatic carbocycles. The molecule has 1 amide bonds. The molecule has 1 aromatic heterocycles. The van der Waals surface area contributed by atoms with E-state index in [0.717, 1.165) is 44.1 Å². The van der Waals surface area contributed by atoms with E-state index in [0.29, 0.717) is 6.42 Å². The summed E-state index contributed by atoms with van der Waals surface area (Å²) >= 11 is 0. The highest BCUT2D eigenvalue weighted by Gasteiger charge is 2.29. The molecule has 1 unspecified atom stereocenters. The van der Waals surface area contributed by atoms with Crippen molar-refractivity contribution in [3.8, 4) is 0 Å². The second-order valence-corrected chi connectivity index (χ2v) is 7.72. The normalized spacial score (nSPS) is 21.5. The van der Waals surface area contributed by atoms with Gasteiger partial charge in [-0.1, -0.05) is 12.1 Å². The van der Waals surface area contributed by atoms with Gasteiger partial charge in [0.15, 0.2) is 0 Å². The first kappa shape index (κ1) is 17.2. The quantitative estimate of drug-likeness (QED) is 0.888. The first-order chi connectivity index (χ1) is 12.5. The molecule has 26 heavy (non-hydrogen) atoms. The molecule has 1 atom stereocenters. The maximum atomic E-state index is 12.1. The van der Waals surface area contributed by atoms with Gasteiger partial charge in [0.25, 0.3) is 0 Å². The molecule has 2 aromatic rings. The SMILES string of the molecule is Cc1cc(C)c(C2CC(=O)Nc3[nH]ncc32)cc1CN1CCN(C)CC1. The summed E-state index contributed by atoms with van der Waals surface area (Å²) in [6, 6.07) is 4.59. The monoisotopic (exact) mass is 353 g/mol. The molecular formula is C20H27N5O. The molecule has 1 saturated heterocycles. The van der Waals surface area contributed by atoms with E-state index in [1.807, 2.05) is 6.20 Å². The highest BCUT2D eigenvalue weighted by atomic mass is 16.1. The van der Waals surface area contributed by atoms with E-state index in [-0.39, 0.29) is 11.8 Å². The van der Waals surface area contributed by atoms with E-state index in [9.17, 15) is 4.79 Å². The minimum absolute atomic E-state index is 0.0485. The van der Waals surface area contributed by atoms with E-state index >= 15 is 0 Å². The molecule has 1 aromatic carbocycles. The zero-order valence-corrected chi connectivity index (χ0v) is 15.8. The fourth-order valence-electron chi connectivity index (χ4n) is 4.13. The number of rotatable bonds is 3. The fraction of sp³-hybridized carbons (Fsp3) is 0.500. The van der Waals surface area contributed by atoms with Crippen molar-refractivity contribution >= 4 is 11.7 Å². The van der Waals surface area contributed by atoms with E-state index < -0.39 is 0 Å². The van der Waals surface area contributed by atoms with Crippen LogP contribution in [0.2, 0.25) is 0 Å². The van der Waals surface area contributed by atoms with Gasteiger partial charge in [0, 0.05) is 50.6 Å². The summed E-state index contributed by atoms with van der Waals surface area (Å²) in [4.78, 5) is 17.1. The number of likely N-dealkylation sites (N-methyl/N-ethyl adjacent to an activating group) is 1. The largest absolute Gasteiger partial charge is 0.311 e. The third kappa shape index (κ3) is 3.27. The smallest absolute Gasteiger partial charge is 0.226 e. The molecule has 2 N–H and O–H groups in total. The third-order valence-electron chi connectivity index (χ3n) is 5.79. The fourth-order valence-corrected chi connectivity index (χ4v) is 4.13. The Bertz CT molecular complexity index is 820. The van der Waals surface area contributed by atoms with Crippen molar-refractivity contribution in [2.75, 3.05) is 38.5 Å². The number of fused-ring (bicyclic) bond motifs is 1. The summed E-state index contributed by atoms with van der Waals surface area (Å²) in [6.07, 6.45) is 2.32. The van der Waals surface area contributed by atoms with Crippen molar-refractivity contribution in [1.29, 1.82) is 0 Å². The molecule has 2 aliphatic heterocycles. The molecule has 0 radical (unpaired) electrons. The van der Waals surface area contributed by atoms with Crippen LogP contribution < -0.4 is 5.32 Å². The Balaban J connectivity index is 1.64. The standard InChI is InChI=1S/C20H27N5O/c1-13-8-14(2)16(9-15(13)12-25-6-4-24(3)5-7-25)17-10-19(26)22-20-18(17)11-21-23-20/h8-9,11,17H,4-7,10,12H2,1-3H3,(H2,21,22,23,26). The number of carbonyl (C=O) groups is 1. The average molecular weight is 353 g/mol. The maximum Gasteiger partial charge on any atom is 0.226 e. The van der Waals surface area contributed by atoms with Gasteiger partial charge >= 0.3 is 0 Å². The molecule has 0 spiro atoms. The zero-order valence-electron chi connectivity index (χ0n) is 15.8. The van der Waals surface area contributed by atoms with Gasteiger partial charge in [-0.25, -0.2) is 0 Å². The summed E-state index contributed by atoms with van der Waals surface area (Å²) in [5.41, 5.74) is 6.28. The van der Waals surface area contributed by atoms with Gasteiger partial charge < -0.3 is 10.2 Å². The lowest BCUT2D eigenvalue weighted by molar-refractivity contribution is -0.116. The lowest BCUT2D eigenvalue weighted by atomic mass is 9.83. The van der Waals surface area contributed by atoms with Crippen molar-refractivity contribution in [3.05, 3.63) is 46.1 Å². The van der Waals surface area contributed by atoms with Crippen LogP contribution in [0.1, 0.15) is 40.2 Å². The first-order valence-corrected chi connectivity index (χ1v) is 9.35. The topological polar surface area (TPSA) is 64.3 Å². The van der Waals surface area contributed by atoms with Crippen molar-refractivity contribution in [2.45, 2.75) is 32.7 Å². The van der Waals surface area contributed by atoms with Crippen molar-refractivity contribution < 1.29 is 4.79 Å². The summed E-state index contributed by atoms with van der Waals surface area (Å²) in [6.45, 7) is 9.78. The first-order valence-electron chi connectivity index (χ1n) is 9.35. The number of hydrogen-bond acceptors (Lipinski definition) is 4. The average Bonchev–Trinajstić information content (AvgIpc) is 3.07. The van der Waals surface area contributed by atoms with Crippen LogP contribution in [0.5, 0.6) is 0 Å². The number of benzene rings is 1. The minimum atomic E-state index is 0.0485. The number of aromatic nitrogens is 2. The van der Waals surface area contributed by atoms with Crippen LogP contribution in [-0.4, -0.2) is 59.1 Å². The van der Waals surface area contributed by atoms with Gasteiger partial charge in [0.05, 0.1) is 6.20 Å². The van der Waals surface area contributed by atoms with Crippen LogP contribution in [-0.2, 0) is 11.3 Å². The summed E-state index contributed by atoms with van der Waals surface area (Å²) in [5.74, 6) is 0.864. The van der Waals surface area contributed by atoms with Crippen LogP contribution in [0.15, 0.2) is 18.3 Å². The van der Waals surface area contributed by atoms with Gasteiger partial charge in [-0.05, 0) is 43.1 Å². The highest BCUT2D eigenvalue weighted by molar-refractivity contribution is 5.94. The van der Waals surface area contributed by atoms with E-state index in [4.69, 9.17) is 0 Å². The van der Waals surface area contributed by atoms with E-state index in [1.165, 1.54) is 22.3 Å². The summed E-state index contributed by atoms with van der Waals surface area (Å²) in [5, 5.41) is 9.92. The Labute approximate surface area is 154 Å². The molecule has 1 fully saturated rings. The molecular weight excluding hydrogens is 326 g/mol. The Hall–Kier alpha value is -2.18. The summed E-state index contributed by atoms with van der Waals surface area (Å²) < 4.78 is 0. The number of anilines is 1. The van der Waals surface area contributed by atoms with Crippen molar-refractivity contribution in [2.24, 2.45) is 0 Å². The van der Waals surface area contributed by atoms with Gasteiger partial charge in [-0.15, -0.1) is 0 Å². The van der Waals surface area contributed by atoms with Gasteiger partial charge in [-0.3, -0.25) is 14.8 Å². The predicted octanol–water partition coefficient (Wildman–Crippen LogP) is 2.25. The third-order valence-corrected chi connectivity index (χ3v) is 5.79. The van der Waals surface area contributed by atoms with Gasteiger partial charge in [0.1, 0.15) is 5.82 Å². The van der Waals surface area contributed by atoms with Gasteiger partial charge in [0.2, 0.25) is 5.91 Å². The van der Waals surface area contributed by atoms with Crippen LogP contribution in [0.25, 0.3) is 0 Å².